The Kier molecular flexibility index (Phi) is 1.56. The van der Waals surface area contributed by atoms with Gasteiger partial charge in [0.1, 0.15) is 6.42 Å². The Morgan fingerprint density at radius 3 is 2.88 bits per heavy atom. The summed E-state index contributed by atoms with van der Waals surface area (Å²) in [6.07, 6.45) is 5.11. The van der Waals surface area contributed by atoms with E-state index >= 15 is 0 Å². The van der Waals surface area contributed by atoms with Crippen molar-refractivity contribution >= 4 is 5.78 Å². The van der Waals surface area contributed by atoms with Gasteiger partial charge in [-0.15, -0.1) is 0 Å². The van der Waals surface area contributed by atoms with E-state index in [1.807, 2.05) is 13.3 Å². The number of carbonyl (C=O) groups is 1. The Morgan fingerprint density at radius 1 is 1.75 bits per heavy atom. The van der Waals surface area contributed by atoms with E-state index in [9.17, 15) is 4.79 Å². The standard InChI is InChI=1S/C7H11O/c1-6-4-2-3-5-7(6)8/h5-6H,2-4H2,1H3/q+1. The van der Waals surface area contributed by atoms with Crippen LogP contribution >= 0.6 is 0 Å². The van der Waals surface area contributed by atoms with Gasteiger partial charge in [-0.25, -0.2) is 4.79 Å². The summed E-state index contributed by atoms with van der Waals surface area (Å²) >= 11 is 0. The Labute approximate surface area is 50.1 Å². The molecule has 0 N–H and O–H groups in total. The van der Waals surface area contributed by atoms with Crippen LogP contribution in [0.1, 0.15) is 26.2 Å². The molecule has 1 nitrogen and oxygen atoms in total. The first-order valence-electron chi connectivity index (χ1n) is 3.18. The minimum absolute atomic E-state index is 0.309. The monoisotopic (exact) mass is 111 g/mol. The lowest BCUT2D eigenvalue weighted by Gasteiger charge is -2.06. The van der Waals surface area contributed by atoms with Gasteiger partial charge in [-0.05, 0) is 12.8 Å². The lowest BCUT2D eigenvalue weighted by molar-refractivity contribution is -0.120. The van der Waals surface area contributed by atoms with Gasteiger partial charge in [0, 0.05) is 0 Å². The normalized spacial score (nSPS) is 29.6. The molecule has 1 saturated carbocycles. The molecule has 1 aliphatic rings. The SMILES string of the molecule is CC1CCC[CH+]C1=O. The van der Waals surface area contributed by atoms with Gasteiger partial charge in [0.05, 0.1) is 12.3 Å². The van der Waals surface area contributed by atoms with Crippen LogP contribution in [0.4, 0.5) is 0 Å². The molecule has 1 atom stereocenters. The molecule has 44 valence electrons. The first kappa shape index (κ1) is 5.67. The Balaban J connectivity index is 2.39. The van der Waals surface area contributed by atoms with E-state index in [1.54, 1.807) is 0 Å². The first-order chi connectivity index (χ1) is 3.80. The van der Waals surface area contributed by atoms with E-state index in [2.05, 4.69) is 0 Å². The van der Waals surface area contributed by atoms with Gasteiger partial charge < -0.3 is 0 Å². The molecule has 0 radical (unpaired) electrons. The zero-order chi connectivity index (χ0) is 5.98. The van der Waals surface area contributed by atoms with Crippen LogP contribution in [0.5, 0.6) is 0 Å². The fourth-order valence-corrected chi connectivity index (χ4v) is 1.01. The fraction of sp³-hybridized carbons (Fsp3) is 0.714. The fourth-order valence-electron chi connectivity index (χ4n) is 1.01. The molecule has 0 saturated heterocycles. The molecule has 0 aliphatic heterocycles. The number of Topliss-reactive ketones (excluding diaryl/α,β-unsaturated/α-hetero) is 1. The highest BCUT2D eigenvalue weighted by Crippen LogP contribution is 2.18. The summed E-state index contributed by atoms with van der Waals surface area (Å²) < 4.78 is 0. The average molecular weight is 111 g/mol. The summed E-state index contributed by atoms with van der Waals surface area (Å²) in [5.74, 6) is 0.653. The molecule has 0 aromatic carbocycles. The van der Waals surface area contributed by atoms with Gasteiger partial charge in [-0.3, -0.25) is 0 Å². The third-order valence-corrected chi connectivity index (χ3v) is 1.67. The quantitative estimate of drug-likeness (QED) is 0.434. The number of ketones is 1. The van der Waals surface area contributed by atoms with E-state index in [0.717, 1.165) is 12.8 Å². The molecular weight excluding hydrogens is 100 g/mol. The molecule has 8 heavy (non-hydrogen) atoms. The highest BCUT2D eigenvalue weighted by atomic mass is 16.1. The van der Waals surface area contributed by atoms with Crippen molar-refractivity contribution in [2.24, 2.45) is 5.92 Å². The maximum Gasteiger partial charge on any atom is 0.308 e. The van der Waals surface area contributed by atoms with E-state index in [4.69, 9.17) is 0 Å². The van der Waals surface area contributed by atoms with Crippen molar-refractivity contribution in [3.05, 3.63) is 6.42 Å². The van der Waals surface area contributed by atoms with Crippen LogP contribution in [0.2, 0.25) is 0 Å². The van der Waals surface area contributed by atoms with Crippen molar-refractivity contribution in [2.75, 3.05) is 0 Å². The Bertz CT molecular complexity index is 96.6. The summed E-state index contributed by atoms with van der Waals surface area (Å²) in [6, 6.07) is 0. The van der Waals surface area contributed by atoms with Crippen molar-refractivity contribution in [2.45, 2.75) is 26.2 Å². The third-order valence-electron chi connectivity index (χ3n) is 1.67. The van der Waals surface area contributed by atoms with E-state index < -0.39 is 0 Å². The maximum absolute atomic E-state index is 10.7. The molecule has 0 aromatic heterocycles. The molecular formula is C7H11O+. The van der Waals surface area contributed by atoms with Gasteiger partial charge >= 0.3 is 5.78 Å². The van der Waals surface area contributed by atoms with Gasteiger partial charge in [-0.1, -0.05) is 6.92 Å². The van der Waals surface area contributed by atoms with Crippen LogP contribution in [0.15, 0.2) is 0 Å². The molecule has 1 aliphatic carbocycles. The third kappa shape index (κ3) is 1.03. The number of hydrogen-bond donors (Lipinski definition) is 0. The van der Waals surface area contributed by atoms with Crippen molar-refractivity contribution < 1.29 is 4.79 Å². The molecule has 1 rings (SSSR count). The second-order valence-electron chi connectivity index (χ2n) is 2.44. The van der Waals surface area contributed by atoms with Crippen molar-refractivity contribution in [1.29, 1.82) is 0 Å². The maximum atomic E-state index is 10.7. The molecule has 1 heteroatoms. The summed E-state index contributed by atoms with van der Waals surface area (Å²) in [5, 5.41) is 0. The first-order valence-corrected chi connectivity index (χ1v) is 3.18. The van der Waals surface area contributed by atoms with E-state index in [0.29, 0.717) is 11.7 Å². The summed E-state index contributed by atoms with van der Waals surface area (Å²) in [7, 11) is 0. The van der Waals surface area contributed by atoms with Crippen molar-refractivity contribution in [3.8, 4) is 0 Å². The van der Waals surface area contributed by atoms with Crippen LogP contribution in [0, 0.1) is 12.3 Å². The van der Waals surface area contributed by atoms with Crippen molar-refractivity contribution in [1.82, 2.24) is 0 Å². The summed E-state index contributed by atoms with van der Waals surface area (Å²) in [6.45, 7) is 2.00. The van der Waals surface area contributed by atoms with Gasteiger partial charge in [0.2, 0.25) is 0 Å². The lowest BCUT2D eigenvalue weighted by atomic mass is 9.90. The minimum atomic E-state index is 0.309. The zero-order valence-electron chi connectivity index (χ0n) is 5.18. The number of hydrogen-bond acceptors (Lipinski definition) is 1. The van der Waals surface area contributed by atoms with Gasteiger partial charge in [0.15, 0.2) is 0 Å². The van der Waals surface area contributed by atoms with Gasteiger partial charge in [0.25, 0.3) is 0 Å². The molecule has 0 heterocycles. The topological polar surface area (TPSA) is 17.1 Å². The molecule has 0 bridgehead atoms. The largest absolute Gasteiger partial charge is 0.308 e. The van der Waals surface area contributed by atoms with Crippen molar-refractivity contribution in [3.63, 3.8) is 0 Å². The van der Waals surface area contributed by atoms with Gasteiger partial charge in [-0.2, -0.15) is 0 Å². The van der Waals surface area contributed by atoms with Crippen LogP contribution in [0.25, 0.3) is 0 Å². The average Bonchev–Trinajstić information content (AvgIpc) is 1.77. The molecule has 0 aromatic rings. The summed E-state index contributed by atoms with van der Waals surface area (Å²) in [4.78, 5) is 10.7. The highest BCUT2D eigenvalue weighted by Gasteiger charge is 2.25. The molecule has 1 unspecified atom stereocenters. The molecule has 0 spiro atoms. The van der Waals surface area contributed by atoms with Crippen LogP contribution in [-0.2, 0) is 4.79 Å². The lowest BCUT2D eigenvalue weighted by Crippen LogP contribution is -2.15. The Morgan fingerprint density at radius 2 is 2.50 bits per heavy atom. The second kappa shape index (κ2) is 2.21. The number of carbonyl (C=O) groups excluding carboxylic acids is 1. The predicted molar refractivity (Wildman–Crippen MR) is 32.3 cm³/mol. The second-order valence-corrected chi connectivity index (χ2v) is 2.44. The van der Waals surface area contributed by atoms with Crippen LogP contribution in [-0.4, -0.2) is 5.78 Å². The van der Waals surface area contributed by atoms with E-state index in [1.165, 1.54) is 6.42 Å². The molecule has 1 fully saturated rings. The smallest absolute Gasteiger partial charge is 0.243 e. The zero-order valence-corrected chi connectivity index (χ0v) is 5.18. The Hall–Kier alpha value is -0.460. The summed E-state index contributed by atoms with van der Waals surface area (Å²) in [5.41, 5.74) is 0. The minimum Gasteiger partial charge on any atom is -0.243 e. The highest BCUT2D eigenvalue weighted by molar-refractivity contribution is 5.89. The molecule has 0 amide bonds. The van der Waals surface area contributed by atoms with Crippen LogP contribution < -0.4 is 0 Å². The van der Waals surface area contributed by atoms with E-state index in [-0.39, 0.29) is 0 Å². The van der Waals surface area contributed by atoms with Crippen LogP contribution in [0.3, 0.4) is 0 Å². The number of rotatable bonds is 0. The predicted octanol–water partition coefficient (Wildman–Crippen LogP) is 1.58.